The number of amides is 2. The van der Waals surface area contributed by atoms with E-state index in [2.05, 4.69) is 21.2 Å². The van der Waals surface area contributed by atoms with Crippen LogP contribution >= 0.6 is 39.9 Å². The topological polar surface area (TPSA) is 84.9 Å². The summed E-state index contributed by atoms with van der Waals surface area (Å²) in [7, 11) is 0. The van der Waals surface area contributed by atoms with E-state index in [1.165, 1.54) is 29.2 Å². The number of benzene rings is 3. The van der Waals surface area contributed by atoms with Gasteiger partial charge in [-0.25, -0.2) is 9.18 Å². The predicted octanol–water partition coefficient (Wildman–Crippen LogP) is 6.19. The first-order chi connectivity index (χ1) is 18.2. The summed E-state index contributed by atoms with van der Waals surface area (Å²) in [5, 5.41) is 2.70. The molecular formula is C27H20BrFN2O5S2. The average Bonchev–Trinajstić information content (AvgIpc) is 3.17. The van der Waals surface area contributed by atoms with Crippen molar-refractivity contribution in [1.29, 1.82) is 0 Å². The van der Waals surface area contributed by atoms with Gasteiger partial charge in [0.2, 0.25) is 0 Å². The van der Waals surface area contributed by atoms with Crippen LogP contribution in [0.15, 0.2) is 76.1 Å². The minimum Gasteiger partial charge on any atom is -0.481 e. The van der Waals surface area contributed by atoms with Crippen molar-refractivity contribution in [3.63, 3.8) is 0 Å². The van der Waals surface area contributed by atoms with Gasteiger partial charge in [-0.2, -0.15) is 0 Å². The van der Waals surface area contributed by atoms with E-state index >= 15 is 0 Å². The minimum absolute atomic E-state index is 0.217. The predicted molar refractivity (Wildman–Crippen MR) is 153 cm³/mol. The highest BCUT2D eigenvalue weighted by Gasteiger charge is 2.33. The van der Waals surface area contributed by atoms with Crippen LogP contribution in [-0.2, 0) is 14.3 Å². The third-order valence-corrected chi connectivity index (χ3v) is 7.09. The van der Waals surface area contributed by atoms with Crippen LogP contribution in [0.25, 0.3) is 6.08 Å². The zero-order valence-corrected chi connectivity index (χ0v) is 23.1. The van der Waals surface area contributed by atoms with Crippen molar-refractivity contribution in [2.45, 2.75) is 6.92 Å². The number of esters is 1. The summed E-state index contributed by atoms with van der Waals surface area (Å²) >= 11 is 10.0. The van der Waals surface area contributed by atoms with E-state index in [0.717, 1.165) is 11.8 Å². The van der Waals surface area contributed by atoms with Gasteiger partial charge in [-0.05, 0) is 89.1 Å². The smallest absolute Gasteiger partial charge is 0.344 e. The number of nitrogens with zero attached hydrogens (tertiary/aromatic N) is 1. The first-order valence-corrected chi connectivity index (χ1v) is 13.3. The Hall–Kier alpha value is -3.54. The molecule has 3 aromatic carbocycles. The van der Waals surface area contributed by atoms with Gasteiger partial charge >= 0.3 is 5.97 Å². The summed E-state index contributed by atoms with van der Waals surface area (Å²) < 4.78 is 24.4. The summed E-state index contributed by atoms with van der Waals surface area (Å²) in [5.74, 6) is -1.15. The molecule has 194 valence electrons. The second kappa shape index (κ2) is 12.3. The summed E-state index contributed by atoms with van der Waals surface area (Å²) in [6.07, 6.45) is 1.70. The van der Waals surface area contributed by atoms with Gasteiger partial charge < -0.3 is 14.8 Å². The molecule has 1 N–H and O–H groups in total. The molecule has 1 aliphatic heterocycles. The average molecular weight is 616 g/mol. The number of anilines is 2. The zero-order valence-electron chi connectivity index (χ0n) is 19.9. The van der Waals surface area contributed by atoms with Gasteiger partial charge in [0.1, 0.15) is 11.6 Å². The first kappa shape index (κ1) is 27.5. The standard InChI is InChI=1S/C27H20BrFN2O5S2/c1-2-35-24(32)15-36-22-11-6-16(12-21(22)28)13-23-26(34)31(27(37)38-23)20-5-3-4-17(14-20)25(33)30-19-9-7-18(29)8-10-19/h3-14H,2,15H2,1H3,(H,30,33)/b23-13+. The Morgan fingerprint density at radius 3 is 2.61 bits per heavy atom. The van der Waals surface area contributed by atoms with E-state index < -0.39 is 17.7 Å². The Balaban J connectivity index is 1.48. The summed E-state index contributed by atoms with van der Waals surface area (Å²) in [5.41, 5.74) is 1.92. The van der Waals surface area contributed by atoms with Gasteiger partial charge in [0, 0.05) is 11.3 Å². The number of carbonyl (C=O) groups is 3. The number of hydrogen-bond acceptors (Lipinski definition) is 7. The zero-order chi connectivity index (χ0) is 27.2. The molecule has 0 radical (unpaired) electrons. The summed E-state index contributed by atoms with van der Waals surface area (Å²) in [6, 6.07) is 17.1. The number of halogens is 2. The third-order valence-electron chi connectivity index (χ3n) is 5.17. The number of nitrogens with one attached hydrogen (secondary N) is 1. The molecule has 0 aliphatic carbocycles. The maximum absolute atomic E-state index is 13.2. The van der Waals surface area contributed by atoms with Crippen LogP contribution in [0.4, 0.5) is 15.8 Å². The Bertz CT molecular complexity index is 1450. The van der Waals surface area contributed by atoms with Crippen LogP contribution in [0.1, 0.15) is 22.8 Å². The van der Waals surface area contributed by atoms with Crippen LogP contribution in [0, 0.1) is 5.82 Å². The Morgan fingerprint density at radius 2 is 1.89 bits per heavy atom. The molecule has 2 amide bonds. The molecule has 0 spiro atoms. The summed E-state index contributed by atoms with van der Waals surface area (Å²) in [6.45, 7) is 1.77. The van der Waals surface area contributed by atoms with Crippen LogP contribution in [0.3, 0.4) is 0 Å². The molecule has 11 heteroatoms. The first-order valence-electron chi connectivity index (χ1n) is 11.3. The van der Waals surface area contributed by atoms with Gasteiger partial charge in [-0.3, -0.25) is 14.5 Å². The van der Waals surface area contributed by atoms with Crippen molar-refractivity contribution in [2.75, 3.05) is 23.4 Å². The highest BCUT2D eigenvalue weighted by Crippen LogP contribution is 2.37. The molecule has 3 aromatic rings. The van der Waals surface area contributed by atoms with E-state index in [0.29, 0.717) is 41.9 Å². The van der Waals surface area contributed by atoms with Crippen molar-refractivity contribution in [1.82, 2.24) is 0 Å². The molecule has 1 heterocycles. The van der Waals surface area contributed by atoms with Crippen molar-refractivity contribution in [2.24, 2.45) is 0 Å². The lowest BCUT2D eigenvalue weighted by molar-refractivity contribution is -0.145. The lowest BCUT2D eigenvalue weighted by Gasteiger charge is -2.15. The molecular weight excluding hydrogens is 595 g/mol. The van der Waals surface area contributed by atoms with Gasteiger partial charge in [-0.15, -0.1) is 0 Å². The number of hydrogen-bond donors (Lipinski definition) is 1. The molecule has 38 heavy (non-hydrogen) atoms. The number of thiocarbonyl (C=S) groups is 1. The molecule has 0 atom stereocenters. The third kappa shape index (κ3) is 6.66. The molecule has 0 bridgehead atoms. The van der Waals surface area contributed by atoms with E-state index in [4.69, 9.17) is 21.7 Å². The van der Waals surface area contributed by atoms with Gasteiger partial charge in [0.25, 0.3) is 11.8 Å². The highest BCUT2D eigenvalue weighted by atomic mass is 79.9. The van der Waals surface area contributed by atoms with Crippen LogP contribution in [0.2, 0.25) is 0 Å². The largest absolute Gasteiger partial charge is 0.481 e. The molecule has 1 saturated heterocycles. The minimum atomic E-state index is -0.468. The van der Waals surface area contributed by atoms with Crippen molar-refractivity contribution >= 4 is 79.5 Å². The summed E-state index contributed by atoms with van der Waals surface area (Å²) in [4.78, 5) is 39.3. The molecule has 4 rings (SSSR count). The molecule has 0 saturated carbocycles. The van der Waals surface area contributed by atoms with Crippen LogP contribution < -0.4 is 15.0 Å². The van der Waals surface area contributed by atoms with E-state index in [1.807, 2.05) is 0 Å². The Kier molecular flexibility index (Phi) is 8.93. The van der Waals surface area contributed by atoms with Crippen molar-refractivity contribution in [3.8, 4) is 5.75 Å². The molecule has 7 nitrogen and oxygen atoms in total. The fourth-order valence-corrected chi connectivity index (χ4v) is 5.24. The lowest BCUT2D eigenvalue weighted by Crippen LogP contribution is -2.27. The number of rotatable bonds is 8. The lowest BCUT2D eigenvalue weighted by atomic mass is 10.1. The molecule has 1 fully saturated rings. The van der Waals surface area contributed by atoms with Crippen LogP contribution in [0.5, 0.6) is 5.75 Å². The number of thioether (sulfide) groups is 1. The number of carbonyl (C=O) groups excluding carboxylic acids is 3. The van der Waals surface area contributed by atoms with E-state index in [1.54, 1.807) is 55.5 Å². The highest BCUT2D eigenvalue weighted by molar-refractivity contribution is 9.10. The molecule has 0 unspecified atom stereocenters. The Labute approximate surface area is 236 Å². The Morgan fingerprint density at radius 1 is 1.13 bits per heavy atom. The van der Waals surface area contributed by atoms with Gasteiger partial charge in [0.05, 0.1) is 21.7 Å². The second-order valence-electron chi connectivity index (χ2n) is 7.81. The molecule has 1 aliphatic rings. The second-order valence-corrected chi connectivity index (χ2v) is 10.3. The van der Waals surface area contributed by atoms with E-state index in [-0.39, 0.29) is 19.1 Å². The SMILES string of the molecule is CCOC(=O)COc1ccc(/C=C2/SC(=S)N(c3cccc(C(=O)Nc4ccc(F)cc4)c3)C2=O)cc1Br. The molecule has 0 aromatic heterocycles. The normalized spacial score (nSPS) is 14.1. The maximum atomic E-state index is 13.2. The van der Waals surface area contributed by atoms with Crippen molar-refractivity contribution < 1.29 is 28.2 Å². The van der Waals surface area contributed by atoms with Crippen LogP contribution in [-0.4, -0.2) is 35.3 Å². The maximum Gasteiger partial charge on any atom is 0.344 e. The quantitative estimate of drug-likeness (QED) is 0.184. The fourth-order valence-electron chi connectivity index (χ4n) is 3.43. The number of ether oxygens (including phenoxy) is 2. The van der Waals surface area contributed by atoms with Crippen molar-refractivity contribution in [3.05, 3.63) is 93.1 Å². The fraction of sp³-hybridized carbons (Fsp3) is 0.111. The van der Waals surface area contributed by atoms with Gasteiger partial charge in [0.15, 0.2) is 10.9 Å². The monoisotopic (exact) mass is 614 g/mol. The van der Waals surface area contributed by atoms with E-state index in [9.17, 15) is 18.8 Å². The van der Waals surface area contributed by atoms with Gasteiger partial charge in [-0.1, -0.05) is 36.1 Å².